The molecule has 2 rings (SSSR count). The standard InChI is InChI=1S/C19H26N2O4/c1-3-13-25-17-8-6-5-7-16(17)20-18(22)14-21-11-9-15(10-12-21)19(23)24-4-2/h3,5-8,15H,1,4,9-14H2,2H3,(H,20,22). The number of nitrogens with one attached hydrogen (secondary N) is 1. The van der Waals surface area contributed by atoms with Gasteiger partial charge in [0.25, 0.3) is 0 Å². The fourth-order valence-corrected chi connectivity index (χ4v) is 2.82. The predicted octanol–water partition coefficient (Wildman–Crippen LogP) is 2.47. The van der Waals surface area contributed by atoms with Crippen LogP contribution in [0.5, 0.6) is 5.75 Å². The second kappa shape index (κ2) is 9.84. The number of hydrogen-bond donors (Lipinski definition) is 1. The maximum absolute atomic E-state index is 12.3. The molecule has 6 heteroatoms. The van der Waals surface area contributed by atoms with Crippen molar-refractivity contribution in [2.24, 2.45) is 5.92 Å². The van der Waals surface area contributed by atoms with Gasteiger partial charge in [-0.05, 0) is 45.0 Å². The first kappa shape index (κ1) is 19.0. The number of carbonyl (C=O) groups excluding carboxylic acids is 2. The molecule has 6 nitrogen and oxygen atoms in total. The SMILES string of the molecule is C=CCOc1ccccc1NC(=O)CN1CCC(C(=O)OCC)CC1. The van der Waals surface area contributed by atoms with Crippen LogP contribution in [0.25, 0.3) is 0 Å². The number of piperidine rings is 1. The molecule has 1 heterocycles. The minimum Gasteiger partial charge on any atom is -0.487 e. The van der Waals surface area contributed by atoms with Crippen LogP contribution in [0.1, 0.15) is 19.8 Å². The first-order valence-electron chi connectivity index (χ1n) is 8.65. The quantitative estimate of drug-likeness (QED) is 0.578. The van der Waals surface area contributed by atoms with E-state index in [4.69, 9.17) is 9.47 Å². The van der Waals surface area contributed by atoms with Crippen LogP contribution in [0.15, 0.2) is 36.9 Å². The molecular weight excluding hydrogens is 320 g/mol. The van der Waals surface area contributed by atoms with Crippen molar-refractivity contribution in [3.05, 3.63) is 36.9 Å². The Morgan fingerprint density at radius 2 is 2.04 bits per heavy atom. The Labute approximate surface area is 148 Å². The van der Waals surface area contributed by atoms with Gasteiger partial charge < -0.3 is 14.8 Å². The predicted molar refractivity (Wildman–Crippen MR) is 96.6 cm³/mol. The van der Waals surface area contributed by atoms with E-state index in [1.54, 1.807) is 6.08 Å². The molecule has 1 aromatic rings. The highest BCUT2D eigenvalue weighted by Gasteiger charge is 2.26. The van der Waals surface area contributed by atoms with E-state index < -0.39 is 0 Å². The Balaban J connectivity index is 1.82. The zero-order valence-corrected chi connectivity index (χ0v) is 14.7. The van der Waals surface area contributed by atoms with Gasteiger partial charge in [-0.25, -0.2) is 0 Å². The molecule has 1 N–H and O–H groups in total. The number of anilines is 1. The highest BCUT2D eigenvalue weighted by molar-refractivity contribution is 5.93. The van der Waals surface area contributed by atoms with Crippen molar-refractivity contribution in [2.45, 2.75) is 19.8 Å². The summed E-state index contributed by atoms with van der Waals surface area (Å²) in [6.07, 6.45) is 3.11. The van der Waals surface area contributed by atoms with Crippen molar-refractivity contribution >= 4 is 17.6 Å². The Morgan fingerprint density at radius 3 is 2.72 bits per heavy atom. The highest BCUT2D eigenvalue weighted by atomic mass is 16.5. The molecule has 1 aromatic carbocycles. The maximum Gasteiger partial charge on any atom is 0.309 e. The van der Waals surface area contributed by atoms with Crippen molar-refractivity contribution < 1.29 is 19.1 Å². The third-order valence-electron chi connectivity index (χ3n) is 4.09. The normalized spacial score (nSPS) is 15.4. The molecule has 0 radical (unpaired) electrons. The number of nitrogens with zero attached hydrogens (tertiary/aromatic N) is 1. The van der Waals surface area contributed by atoms with Crippen LogP contribution in [0.2, 0.25) is 0 Å². The summed E-state index contributed by atoms with van der Waals surface area (Å²) in [7, 11) is 0. The van der Waals surface area contributed by atoms with Gasteiger partial charge in [0, 0.05) is 0 Å². The van der Waals surface area contributed by atoms with Gasteiger partial charge in [0.2, 0.25) is 5.91 Å². The Bertz CT molecular complexity index is 595. The Morgan fingerprint density at radius 1 is 1.32 bits per heavy atom. The van der Waals surface area contributed by atoms with Gasteiger partial charge in [-0.3, -0.25) is 14.5 Å². The zero-order valence-electron chi connectivity index (χ0n) is 14.7. The molecular formula is C19H26N2O4. The summed E-state index contributed by atoms with van der Waals surface area (Å²) < 4.78 is 10.6. The van der Waals surface area contributed by atoms with E-state index >= 15 is 0 Å². The third kappa shape index (κ3) is 5.90. The van der Waals surface area contributed by atoms with Crippen LogP contribution in [0.3, 0.4) is 0 Å². The number of amides is 1. The van der Waals surface area contributed by atoms with E-state index in [1.807, 2.05) is 31.2 Å². The number of ether oxygens (including phenoxy) is 2. The average molecular weight is 346 g/mol. The summed E-state index contributed by atoms with van der Waals surface area (Å²) in [5.74, 6) is 0.355. The van der Waals surface area contributed by atoms with Gasteiger partial charge in [0.05, 0.1) is 24.8 Å². The van der Waals surface area contributed by atoms with E-state index in [2.05, 4.69) is 16.8 Å². The molecule has 1 saturated heterocycles. The summed E-state index contributed by atoms with van der Waals surface area (Å²) in [5.41, 5.74) is 0.649. The van der Waals surface area contributed by atoms with Crippen molar-refractivity contribution in [2.75, 3.05) is 38.2 Å². The second-order valence-corrected chi connectivity index (χ2v) is 5.95. The number of para-hydroxylation sites is 2. The van der Waals surface area contributed by atoms with Crippen LogP contribution in [-0.4, -0.2) is 49.6 Å². The van der Waals surface area contributed by atoms with Crippen LogP contribution in [0, 0.1) is 5.92 Å². The summed E-state index contributed by atoms with van der Waals surface area (Å²) in [6.45, 7) is 7.95. The lowest BCUT2D eigenvalue weighted by molar-refractivity contribution is -0.149. The molecule has 25 heavy (non-hydrogen) atoms. The Hall–Kier alpha value is -2.34. The molecule has 0 saturated carbocycles. The first-order valence-corrected chi connectivity index (χ1v) is 8.65. The topological polar surface area (TPSA) is 67.9 Å². The molecule has 0 unspecified atom stereocenters. The molecule has 1 fully saturated rings. The molecule has 0 bridgehead atoms. The van der Waals surface area contributed by atoms with E-state index in [0.29, 0.717) is 44.3 Å². The first-order chi connectivity index (χ1) is 12.1. The lowest BCUT2D eigenvalue weighted by Crippen LogP contribution is -2.41. The number of rotatable bonds is 8. The molecule has 0 aliphatic carbocycles. The minimum atomic E-state index is -0.125. The van der Waals surface area contributed by atoms with Crippen LogP contribution < -0.4 is 10.1 Å². The number of esters is 1. The summed E-state index contributed by atoms with van der Waals surface area (Å²) in [5, 5.41) is 2.89. The zero-order chi connectivity index (χ0) is 18.1. The fourth-order valence-electron chi connectivity index (χ4n) is 2.82. The van der Waals surface area contributed by atoms with E-state index in [0.717, 1.165) is 12.8 Å². The summed E-state index contributed by atoms with van der Waals surface area (Å²) in [6, 6.07) is 7.32. The maximum atomic E-state index is 12.3. The van der Waals surface area contributed by atoms with Gasteiger partial charge in [-0.15, -0.1) is 0 Å². The van der Waals surface area contributed by atoms with E-state index in [1.165, 1.54) is 0 Å². The van der Waals surface area contributed by atoms with Crippen LogP contribution >= 0.6 is 0 Å². The number of likely N-dealkylation sites (tertiary alicyclic amines) is 1. The molecule has 0 spiro atoms. The molecule has 1 aliphatic rings. The molecule has 0 aromatic heterocycles. The second-order valence-electron chi connectivity index (χ2n) is 5.95. The molecule has 1 aliphatic heterocycles. The van der Waals surface area contributed by atoms with E-state index in [-0.39, 0.29) is 17.8 Å². The number of carbonyl (C=O) groups is 2. The molecule has 0 atom stereocenters. The van der Waals surface area contributed by atoms with Crippen molar-refractivity contribution in [3.8, 4) is 5.75 Å². The van der Waals surface area contributed by atoms with Gasteiger partial charge in [0.1, 0.15) is 12.4 Å². The van der Waals surface area contributed by atoms with Gasteiger partial charge >= 0.3 is 5.97 Å². The largest absolute Gasteiger partial charge is 0.487 e. The van der Waals surface area contributed by atoms with Crippen molar-refractivity contribution in [1.82, 2.24) is 4.90 Å². The van der Waals surface area contributed by atoms with Crippen molar-refractivity contribution in [1.29, 1.82) is 0 Å². The smallest absolute Gasteiger partial charge is 0.309 e. The number of benzene rings is 1. The van der Waals surface area contributed by atoms with Crippen LogP contribution in [-0.2, 0) is 14.3 Å². The summed E-state index contributed by atoms with van der Waals surface area (Å²) >= 11 is 0. The minimum absolute atomic E-state index is 0.0488. The van der Waals surface area contributed by atoms with Gasteiger partial charge in [-0.2, -0.15) is 0 Å². The molecule has 136 valence electrons. The molecule has 1 amide bonds. The Kier molecular flexibility index (Phi) is 7.47. The highest BCUT2D eigenvalue weighted by Crippen LogP contribution is 2.24. The number of hydrogen-bond acceptors (Lipinski definition) is 5. The summed E-state index contributed by atoms with van der Waals surface area (Å²) in [4.78, 5) is 26.1. The van der Waals surface area contributed by atoms with Crippen LogP contribution in [0.4, 0.5) is 5.69 Å². The van der Waals surface area contributed by atoms with Gasteiger partial charge in [-0.1, -0.05) is 24.8 Å². The van der Waals surface area contributed by atoms with E-state index in [9.17, 15) is 9.59 Å². The third-order valence-corrected chi connectivity index (χ3v) is 4.09. The lowest BCUT2D eigenvalue weighted by atomic mass is 9.97. The van der Waals surface area contributed by atoms with Crippen molar-refractivity contribution in [3.63, 3.8) is 0 Å². The van der Waals surface area contributed by atoms with Gasteiger partial charge in [0.15, 0.2) is 0 Å². The monoisotopic (exact) mass is 346 g/mol. The average Bonchev–Trinajstić information content (AvgIpc) is 2.61. The fraction of sp³-hybridized carbons (Fsp3) is 0.474. The lowest BCUT2D eigenvalue weighted by Gasteiger charge is -2.30.